The number of benzene rings is 2. The normalized spacial score (nSPS) is 17.6. The number of carbonyl (C=O) groups excluding carboxylic acids is 2. The maximum absolute atomic E-state index is 13.1. The Balaban J connectivity index is 2.09. The fourth-order valence-electron chi connectivity index (χ4n) is 4.00. The summed E-state index contributed by atoms with van der Waals surface area (Å²) in [6.07, 6.45) is 0.652. The first-order chi connectivity index (χ1) is 16.1. The van der Waals surface area contributed by atoms with E-state index in [-0.39, 0.29) is 23.0 Å². The van der Waals surface area contributed by atoms with Gasteiger partial charge in [0.25, 0.3) is 11.7 Å². The van der Waals surface area contributed by atoms with Gasteiger partial charge in [0.1, 0.15) is 23.0 Å². The molecule has 1 saturated heterocycles. The van der Waals surface area contributed by atoms with Crippen molar-refractivity contribution in [3.63, 3.8) is 0 Å². The average Bonchev–Trinajstić information content (AvgIpc) is 3.03. The summed E-state index contributed by atoms with van der Waals surface area (Å²) in [6, 6.07) is 10.7. The molecule has 0 spiro atoms. The average molecular weight is 469 g/mol. The molecule has 3 rings (SSSR count). The number of rotatable bonds is 9. The molecule has 1 atom stereocenters. The number of aromatic hydroxyl groups is 1. The molecular weight excluding hydrogens is 436 g/mol. The lowest BCUT2D eigenvalue weighted by molar-refractivity contribution is -0.139. The fourth-order valence-corrected chi connectivity index (χ4v) is 4.00. The summed E-state index contributed by atoms with van der Waals surface area (Å²) in [5, 5.41) is 21.6. The van der Waals surface area contributed by atoms with Crippen LogP contribution in [0, 0.1) is 0 Å². The minimum atomic E-state index is -0.795. The Labute approximate surface area is 200 Å². The molecule has 1 fully saturated rings. The minimum Gasteiger partial charge on any atom is -0.507 e. The van der Waals surface area contributed by atoms with Gasteiger partial charge in [0.05, 0.1) is 30.4 Å². The molecule has 34 heavy (non-hydrogen) atoms. The van der Waals surface area contributed by atoms with E-state index >= 15 is 0 Å². The number of likely N-dealkylation sites (tertiary alicyclic amines) is 1. The van der Waals surface area contributed by atoms with Gasteiger partial charge in [-0.25, -0.2) is 0 Å². The fraction of sp³-hybridized carbons (Fsp3) is 0.385. The Morgan fingerprint density at radius 2 is 1.74 bits per heavy atom. The molecule has 0 aromatic heterocycles. The highest BCUT2D eigenvalue weighted by molar-refractivity contribution is 6.46. The molecule has 8 nitrogen and oxygen atoms in total. The van der Waals surface area contributed by atoms with E-state index in [1.165, 1.54) is 24.1 Å². The Hall–Kier alpha value is -3.52. The van der Waals surface area contributed by atoms with Gasteiger partial charge in [-0.2, -0.15) is 0 Å². The van der Waals surface area contributed by atoms with E-state index in [4.69, 9.17) is 9.47 Å². The van der Waals surface area contributed by atoms with E-state index < -0.39 is 23.5 Å². The molecule has 8 heteroatoms. The van der Waals surface area contributed by atoms with Gasteiger partial charge >= 0.3 is 0 Å². The molecule has 1 amide bonds. The van der Waals surface area contributed by atoms with Crippen molar-refractivity contribution in [1.29, 1.82) is 0 Å². The molecule has 2 aromatic carbocycles. The van der Waals surface area contributed by atoms with Crippen molar-refractivity contribution in [3.8, 4) is 17.2 Å². The van der Waals surface area contributed by atoms with Gasteiger partial charge in [0, 0.05) is 12.6 Å². The first-order valence-electron chi connectivity index (χ1n) is 11.2. The van der Waals surface area contributed by atoms with Crippen molar-refractivity contribution in [2.45, 2.75) is 32.4 Å². The number of ketones is 1. The van der Waals surface area contributed by atoms with E-state index in [2.05, 4.69) is 0 Å². The van der Waals surface area contributed by atoms with Crippen molar-refractivity contribution in [2.75, 3.05) is 34.3 Å². The Bertz CT molecular complexity index is 1080. The highest BCUT2D eigenvalue weighted by Gasteiger charge is 2.46. The van der Waals surface area contributed by atoms with Gasteiger partial charge in [0.15, 0.2) is 0 Å². The van der Waals surface area contributed by atoms with Crippen LogP contribution in [-0.2, 0) is 9.59 Å². The molecule has 2 aromatic rings. The van der Waals surface area contributed by atoms with E-state index in [1.54, 1.807) is 30.3 Å². The number of phenols is 1. The van der Waals surface area contributed by atoms with E-state index in [0.29, 0.717) is 30.0 Å². The number of phenolic OH excluding ortho intramolecular Hbond substituents is 1. The third-order valence-corrected chi connectivity index (χ3v) is 5.57. The largest absolute Gasteiger partial charge is 0.507 e. The van der Waals surface area contributed by atoms with E-state index in [9.17, 15) is 19.8 Å². The summed E-state index contributed by atoms with van der Waals surface area (Å²) < 4.78 is 10.8. The molecule has 0 radical (unpaired) electrons. The number of carbonyl (C=O) groups is 2. The van der Waals surface area contributed by atoms with Crippen LogP contribution in [0.3, 0.4) is 0 Å². The van der Waals surface area contributed by atoms with E-state index in [0.717, 1.165) is 6.54 Å². The molecule has 1 aliphatic heterocycles. The summed E-state index contributed by atoms with van der Waals surface area (Å²) in [5.74, 6) is -1.09. The number of ether oxygens (including phenoxy) is 2. The molecule has 182 valence electrons. The van der Waals surface area contributed by atoms with Gasteiger partial charge in [-0.15, -0.1) is 0 Å². The lowest BCUT2D eigenvalue weighted by Crippen LogP contribution is -2.32. The van der Waals surface area contributed by atoms with Crippen LogP contribution in [0.4, 0.5) is 0 Å². The summed E-state index contributed by atoms with van der Waals surface area (Å²) in [5.41, 5.74) is 0.652. The second-order valence-corrected chi connectivity index (χ2v) is 8.77. The number of aliphatic hydroxyl groups excluding tert-OH is 1. The van der Waals surface area contributed by atoms with Gasteiger partial charge < -0.3 is 29.5 Å². The molecule has 0 aliphatic carbocycles. The third-order valence-electron chi connectivity index (χ3n) is 5.57. The summed E-state index contributed by atoms with van der Waals surface area (Å²) >= 11 is 0. The number of methoxy groups -OCH3 is 1. The lowest BCUT2D eigenvalue weighted by Gasteiger charge is -2.26. The predicted molar refractivity (Wildman–Crippen MR) is 129 cm³/mol. The van der Waals surface area contributed by atoms with E-state index in [1.807, 2.05) is 32.8 Å². The molecular formula is C26H32N2O6. The van der Waals surface area contributed by atoms with Crippen LogP contribution < -0.4 is 9.47 Å². The van der Waals surface area contributed by atoms with Crippen LogP contribution in [0.1, 0.15) is 37.4 Å². The van der Waals surface area contributed by atoms with Crippen molar-refractivity contribution in [3.05, 3.63) is 59.2 Å². The van der Waals surface area contributed by atoms with Gasteiger partial charge in [-0.1, -0.05) is 12.1 Å². The number of Topliss-reactive ketones (excluding diaryl/α,β-unsaturated/α-hetero) is 1. The summed E-state index contributed by atoms with van der Waals surface area (Å²) in [4.78, 5) is 29.6. The monoisotopic (exact) mass is 468 g/mol. The van der Waals surface area contributed by atoms with Crippen molar-refractivity contribution < 1.29 is 29.3 Å². The van der Waals surface area contributed by atoms with Crippen LogP contribution in [0.5, 0.6) is 17.2 Å². The number of nitrogens with zero attached hydrogens (tertiary/aromatic N) is 2. The van der Waals surface area contributed by atoms with Crippen LogP contribution in [0.25, 0.3) is 5.76 Å². The molecule has 0 bridgehead atoms. The van der Waals surface area contributed by atoms with Crippen LogP contribution in [0.2, 0.25) is 0 Å². The zero-order chi connectivity index (χ0) is 25.0. The zero-order valence-corrected chi connectivity index (χ0v) is 20.2. The molecule has 1 heterocycles. The van der Waals surface area contributed by atoms with Gasteiger partial charge in [-0.05, 0) is 70.7 Å². The lowest BCUT2D eigenvalue weighted by atomic mass is 9.95. The Morgan fingerprint density at radius 1 is 1.09 bits per heavy atom. The topological polar surface area (TPSA) is 99.5 Å². The van der Waals surface area contributed by atoms with Crippen molar-refractivity contribution in [1.82, 2.24) is 9.80 Å². The molecule has 1 aliphatic rings. The highest BCUT2D eigenvalue weighted by Crippen LogP contribution is 2.41. The number of hydrogen-bond acceptors (Lipinski definition) is 7. The van der Waals surface area contributed by atoms with Gasteiger partial charge in [-0.3, -0.25) is 9.59 Å². The first kappa shape index (κ1) is 25.1. The first-order valence-corrected chi connectivity index (χ1v) is 11.2. The Morgan fingerprint density at radius 3 is 2.29 bits per heavy atom. The molecule has 0 saturated carbocycles. The van der Waals surface area contributed by atoms with Gasteiger partial charge in [0.2, 0.25) is 0 Å². The predicted octanol–water partition coefficient (Wildman–Crippen LogP) is 3.56. The summed E-state index contributed by atoms with van der Waals surface area (Å²) in [6.45, 7) is 4.92. The smallest absolute Gasteiger partial charge is 0.295 e. The van der Waals surface area contributed by atoms with Crippen LogP contribution in [0.15, 0.2) is 48.0 Å². The number of amides is 1. The molecule has 1 unspecified atom stereocenters. The quantitative estimate of drug-likeness (QED) is 0.330. The van der Waals surface area contributed by atoms with Crippen LogP contribution in [-0.4, -0.2) is 72.1 Å². The minimum absolute atomic E-state index is 0.000525. The maximum atomic E-state index is 13.1. The molecule has 2 N–H and O–H groups in total. The van der Waals surface area contributed by atoms with Crippen LogP contribution >= 0.6 is 0 Å². The second kappa shape index (κ2) is 10.6. The number of aliphatic hydroxyl groups is 1. The zero-order valence-electron chi connectivity index (χ0n) is 20.2. The van der Waals surface area contributed by atoms with Crippen molar-refractivity contribution >= 4 is 17.4 Å². The SMILES string of the molecule is COc1ccc(C(O)=C2C(=O)C(=O)N(CCCN(C)C)C2c2ccc(OC(C)C)cc2)c(O)c1. The summed E-state index contributed by atoms with van der Waals surface area (Å²) in [7, 11) is 5.33. The third kappa shape index (κ3) is 5.34. The van der Waals surface area contributed by atoms with Crippen molar-refractivity contribution in [2.24, 2.45) is 0 Å². The Kier molecular flexibility index (Phi) is 7.83. The number of hydrogen-bond donors (Lipinski definition) is 2. The standard InChI is InChI=1S/C26H32N2O6/c1-16(2)34-18-9-7-17(8-10-18)23-22(24(30)20-12-11-19(33-5)15-21(20)29)25(31)26(32)28(23)14-6-13-27(3)4/h7-12,15-16,23,29-30H,6,13-14H2,1-5H3. The highest BCUT2D eigenvalue weighted by atomic mass is 16.5. The maximum Gasteiger partial charge on any atom is 0.295 e. The second-order valence-electron chi connectivity index (χ2n) is 8.77.